The summed E-state index contributed by atoms with van der Waals surface area (Å²) in [6, 6.07) is 7.96. The maximum Gasteiger partial charge on any atom is 0.247 e. The summed E-state index contributed by atoms with van der Waals surface area (Å²) >= 11 is 1.58. The van der Waals surface area contributed by atoms with Gasteiger partial charge in [0.25, 0.3) is 0 Å². The lowest BCUT2D eigenvalue weighted by Crippen LogP contribution is -2.55. The van der Waals surface area contributed by atoms with Crippen molar-refractivity contribution >= 4 is 29.5 Å². The second-order valence-corrected chi connectivity index (χ2v) is 11.9. The van der Waals surface area contributed by atoms with Crippen LogP contribution in [0.5, 0.6) is 0 Å². The summed E-state index contributed by atoms with van der Waals surface area (Å²) in [5.74, 6) is -1.60. The van der Waals surface area contributed by atoms with E-state index in [0.29, 0.717) is 13.1 Å². The molecule has 1 aromatic rings. The van der Waals surface area contributed by atoms with Crippen molar-refractivity contribution in [3.05, 3.63) is 60.2 Å². The third-order valence-corrected chi connectivity index (χ3v) is 10.0. The zero-order valence-corrected chi connectivity index (χ0v) is 21.9. The van der Waals surface area contributed by atoms with Gasteiger partial charge in [0.1, 0.15) is 6.04 Å². The van der Waals surface area contributed by atoms with Gasteiger partial charge in [-0.25, -0.2) is 0 Å². The minimum Gasteiger partial charge on any atom is -0.394 e. The number of thioether (sulfide) groups is 1. The molecule has 1 aromatic carbocycles. The number of aliphatic hydroxyl groups is 1. The molecule has 36 heavy (non-hydrogen) atoms. The number of amides is 3. The van der Waals surface area contributed by atoms with Crippen LogP contribution in [0.4, 0.5) is 0 Å². The first-order chi connectivity index (χ1) is 17.4. The van der Waals surface area contributed by atoms with E-state index in [2.05, 4.69) is 13.8 Å². The minimum absolute atomic E-state index is 0.0205. The van der Waals surface area contributed by atoms with Gasteiger partial charge in [0.15, 0.2) is 0 Å². The average Bonchev–Trinajstić information content (AvgIpc) is 3.19. The van der Waals surface area contributed by atoms with Crippen LogP contribution in [0.15, 0.2) is 54.6 Å². The van der Waals surface area contributed by atoms with E-state index in [9.17, 15) is 19.5 Å². The van der Waals surface area contributed by atoms with E-state index in [1.54, 1.807) is 28.6 Å². The monoisotopic (exact) mass is 509 g/mol. The van der Waals surface area contributed by atoms with Crippen LogP contribution < -0.4 is 0 Å². The van der Waals surface area contributed by atoms with Gasteiger partial charge < -0.3 is 19.8 Å². The van der Waals surface area contributed by atoms with Gasteiger partial charge in [-0.15, -0.1) is 11.8 Å². The van der Waals surface area contributed by atoms with Crippen LogP contribution in [-0.4, -0.2) is 86.4 Å². The summed E-state index contributed by atoms with van der Waals surface area (Å²) in [4.78, 5) is 47.5. The molecule has 4 aliphatic heterocycles. The van der Waals surface area contributed by atoms with E-state index in [1.165, 1.54) is 0 Å². The molecular formula is C28H35N3O4S. The Labute approximate surface area is 217 Å². The van der Waals surface area contributed by atoms with Crippen LogP contribution >= 0.6 is 11.8 Å². The van der Waals surface area contributed by atoms with Gasteiger partial charge in [-0.2, -0.15) is 0 Å². The summed E-state index contributed by atoms with van der Waals surface area (Å²) < 4.78 is -0.870. The lowest BCUT2D eigenvalue weighted by Gasteiger charge is -2.40. The Bertz CT molecular complexity index is 1090. The van der Waals surface area contributed by atoms with E-state index in [0.717, 1.165) is 18.4 Å². The smallest absolute Gasteiger partial charge is 0.247 e. The number of carbonyl (C=O) groups is 3. The Balaban J connectivity index is 1.67. The molecule has 4 heterocycles. The first-order valence-corrected chi connectivity index (χ1v) is 13.8. The molecule has 7 nitrogen and oxygen atoms in total. The number of benzene rings is 1. The molecular weight excluding hydrogens is 474 g/mol. The maximum absolute atomic E-state index is 14.4. The van der Waals surface area contributed by atoms with Gasteiger partial charge in [-0.1, -0.05) is 68.0 Å². The highest BCUT2D eigenvalue weighted by atomic mass is 32.2. The molecule has 3 amide bonds. The predicted molar refractivity (Wildman–Crippen MR) is 140 cm³/mol. The molecule has 7 atom stereocenters. The van der Waals surface area contributed by atoms with Gasteiger partial charge in [-0.05, 0) is 18.9 Å². The van der Waals surface area contributed by atoms with Crippen molar-refractivity contribution in [3.63, 3.8) is 0 Å². The Kier molecular flexibility index (Phi) is 6.76. The SMILES string of the molecule is CCCC(C)N1CC=C[C@]23S[C@H]4C=CCN(C)C(=O)[C@H]4[C@H]2C(=O)N([C@H](CO)c2ccccc2)C3C1=O. The van der Waals surface area contributed by atoms with Gasteiger partial charge in [0, 0.05) is 31.4 Å². The zero-order valence-electron chi connectivity index (χ0n) is 21.1. The number of nitrogens with zero attached hydrogens (tertiary/aromatic N) is 3. The van der Waals surface area contributed by atoms with Gasteiger partial charge in [-0.3, -0.25) is 14.4 Å². The van der Waals surface area contributed by atoms with Crippen molar-refractivity contribution in [2.24, 2.45) is 11.8 Å². The van der Waals surface area contributed by atoms with Gasteiger partial charge in [0.05, 0.1) is 29.2 Å². The second kappa shape index (κ2) is 9.71. The molecule has 0 aromatic heterocycles. The van der Waals surface area contributed by atoms with Crippen molar-refractivity contribution < 1.29 is 19.5 Å². The molecule has 192 valence electrons. The molecule has 0 radical (unpaired) electrons. The van der Waals surface area contributed by atoms with Crippen LogP contribution in [-0.2, 0) is 14.4 Å². The summed E-state index contributed by atoms with van der Waals surface area (Å²) in [6.45, 7) is 4.84. The van der Waals surface area contributed by atoms with E-state index in [1.807, 2.05) is 59.5 Å². The van der Waals surface area contributed by atoms with E-state index < -0.39 is 28.7 Å². The van der Waals surface area contributed by atoms with E-state index in [-0.39, 0.29) is 35.6 Å². The van der Waals surface area contributed by atoms with Crippen molar-refractivity contribution in [2.45, 2.75) is 54.8 Å². The maximum atomic E-state index is 14.4. The lowest BCUT2D eigenvalue weighted by atomic mass is 9.78. The largest absolute Gasteiger partial charge is 0.394 e. The molecule has 0 saturated carbocycles. The summed E-state index contributed by atoms with van der Waals surface area (Å²) in [7, 11) is 1.77. The van der Waals surface area contributed by atoms with E-state index >= 15 is 0 Å². The quantitative estimate of drug-likeness (QED) is 0.597. The van der Waals surface area contributed by atoms with Crippen LogP contribution in [0.1, 0.15) is 38.3 Å². The Morgan fingerprint density at radius 1 is 1.08 bits per heavy atom. The highest BCUT2D eigenvalue weighted by Crippen LogP contribution is 2.62. The van der Waals surface area contributed by atoms with E-state index in [4.69, 9.17) is 0 Å². The average molecular weight is 510 g/mol. The molecule has 4 aliphatic rings. The summed E-state index contributed by atoms with van der Waals surface area (Å²) in [6.07, 6.45) is 9.90. The number of rotatable bonds is 6. The Morgan fingerprint density at radius 3 is 2.53 bits per heavy atom. The van der Waals surface area contributed by atoms with Crippen molar-refractivity contribution in [1.82, 2.24) is 14.7 Å². The molecule has 0 aliphatic carbocycles. The number of likely N-dealkylation sites (N-methyl/N-ethyl adjacent to an activating group) is 1. The molecule has 2 unspecified atom stereocenters. The van der Waals surface area contributed by atoms with Gasteiger partial charge >= 0.3 is 0 Å². The molecule has 1 spiro atoms. The molecule has 2 saturated heterocycles. The highest BCUT2D eigenvalue weighted by Gasteiger charge is 2.71. The third kappa shape index (κ3) is 3.72. The van der Waals surface area contributed by atoms with Crippen LogP contribution in [0.2, 0.25) is 0 Å². The lowest BCUT2D eigenvalue weighted by molar-refractivity contribution is -0.147. The third-order valence-electron chi connectivity index (χ3n) is 8.26. The Morgan fingerprint density at radius 2 is 1.83 bits per heavy atom. The minimum atomic E-state index is -0.870. The Hall–Kier alpha value is -2.58. The number of fused-ring (bicyclic) bond motifs is 2. The topological polar surface area (TPSA) is 81.2 Å². The fourth-order valence-corrected chi connectivity index (χ4v) is 8.55. The standard InChI is InChI=1S/C28H35N3O4S/c1-4-10-18(2)30-16-9-14-28-23(22-21(36-28)13-8-15-29(3)25(22)33)26(34)31(24(28)27(30)35)20(17-32)19-11-6-5-7-12-19/h5-9,11-14,18,20-24,32H,4,10,15-17H2,1-3H3/t18?,20-,21+,22-,23+,24?,28+/m1/s1. The highest BCUT2D eigenvalue weighted by molar-refractivity contribution is 8.02. The predicted octanol–water partition coefficient (Wildman–Crippen LogP) is 2.63. The summed E-state index contributed by atoms with van der Waals surface area (Å²) in [5.41, 5.74) is 0.781. The van der Waals surface area contributed by atoms with Gasteiger partial charge in [0.2, 0.25) is 17.7 Å². The first kappa shape index (κ1) is 25.1. The normalized spacial score (nSPS) is 33.2. The number of aliphatic hydroxyl groups excluding tert-OH is 1. The van der Waals surface area contributed by atoms with Crippen molar-refractivity contribution in [1.29, 1.82) is 0 Å². The number of likely N-dealkylation sites (tertiary alicyclic amines) is 1. The van der Waals surface area contributed by atoms with Crippen LogP contribution in [0, 0.1) is 11.8 Å². The molecule has 2 fully saturated rings. The van der Waals surface area contributed by atoms with Crippen molar-refractivity contribution in [3.8, 4) is 0 Å². The molecule has 5 rings (SSSR count). The second-order valence-electron chi connectivity index (χ2n) is 10.4. The number of hydrogen-bond acceptors (Lipinski definition) is 5. The molecule has 1 N–H and O–H groups in total. The molecule has 8 heteroatoms. The summed E-state index contributed by atoms with van der Waals surface area (Å²) in [5, 5.41) is 10.4. The van der Waals surface area contributed by atoms with Crippen molar-refractivity contribution in [2.75, 3.05) is 26.7 Å². The number of hydrogen-bond donors (Lipinski definition) is 1. The van der Waals surface area contributed by atoms with Crippen LogP contribution in [0.25, 0.3) is 0 Å². The number of carbonyl (C=O) groups excluding carboxylic acids is 3. The zero-order chi connectivity index (χ0) is 25.6. The first-order valence-electron chi connectivity index (χ1n) is 12.9. The fraction of sp³-hybridized carbons (Fsp3) is 0.536. The fourth-order valence-electron chi connectivity index (χ4n) is 6.56. The van der Waals surface area contributed by atoms with Crippen LogP contribution in [0.3, 0.4) is 0 Å². The molecule has 0 bridgehead atoms.